The van der Waals surface area contributed by atoms with Gasteiger partial charge in [0.25, 0.3) is 0 Å². The minimum Gasteiger partial charge on any atom is -0.460 e. The Morgan fingerprint density at radius 1 is 0.710 bits per heavy atom. The van der Waals surface area contributed by atoms with Crippen LogP contribution in [0.4, 0.5) is 29.7 Å². The van der Waals surface area contributed by atoms with Gasteiger partial charge < -0.3 is 33.7 Å². The summed E-state index contributed by atoms with van der Waals surface area (Å²) in [6.45, 7) is 1.09. The Kier molecular flexibility index (Phi) is 13.8. The molecule has 69 heavy (non-hydrogen) atoms. The second-order valence-electron chi connectivity index (χ2n) is 15.9. The van der Waals surface area contributed by atoms with Crippen LogP contribution in [0.2, 0.25) is 0 Å². The molecule has 2 fully saturated rings. The Balaban J connectivity index is 0.000000174. The smallest absolute Gasteiger partial charge is 0.414 e. The summed E-state index contributed by atoms with van der Waals surface area (Å²) in [5.74, 6) is -1.46. The zero-order chi connectivity index (χ0) is 47.9. The molecule has 10 rings (SSSR count). The molecule has 0 radical (unpaired) electrons. The summed E-state index contributed by atoms with van der Waals surface area (Å²) in [5.41, 5.74) is 5.07. The number of cyclic esters (lactones) is 2. The van der Waals surface area contributed by atoms with E-state index in [0.717, 1.165) is 0 Å². The van der Waals surface area contributed by atoms with Gasteiger partial charge in [-0.3, -0.25) is 19.8 Å². The van der Waals surface area contributed by atoms with Crippen LogP contribution < -0.4 is 9.80 Å². The van der Waals surface area contributed by atoms with Crippen LogP contribution in [-0.2, 0) is 46.5 Å². The van der Waals surface area contributed by atoms with Crippen molar-refractivity contribution in [3.8, 4) is 22.3 Å². The number of carbonyl (C=O) groups excluding carboxylic acids is 3. The first kappa shape index (κ1) is 45.9. The Hall–Kier alpha value is -8.25. The molecule has 4 aliphatic heterocycles. The number of ether oxygens (including phenoxy) is 4. The van der Waals surface area contributed by atoms with E-state index in [-0.39, 0.29) is 39.0 Å². The van der Waals surface area contributed by atoms with Crippen molar-refractivity contribution in [2.45, 2.75) is 50.3 Å². The Bertz CT molecular complexity index is 2840. The topological polar surface area (TPSA) is 245 Å². The average molecular weight is 949 g/mol. The molecule has 0 unspecified atom stereocenters. The molecule has 0 spiro atoms. The van der Waals surface area contributed by atoms with Crippen molar-refractivity contribution in [2.75, 3.05) is 49.8 Å². The van der Waals surface area contributed by atoms with E-state index in [1.807, 2.05) is 0 Å². The number of aliphatic hydroxyl groups excluding tert-OH is 1. The van der Waals surface area contributed by atoms with Gasteiger partial charge >= 0.3 is 18.2 Å². The van der Waals surface area contributed by atoms with Gasteiger partial charge in [-0.2, -0.15) is 0 Å². The lowest BCUT2D eigenvalue weighted by Gasteiger charge is -2.14. The maximum atomic E-state index is 15.1. The van der Waals surface area contributed by atoms with Gasteiger partial charge in [-0.1, -0.05) is 32.9 Å². The van der Waals surface area contributed by atoms with Crippen LogP contribution in [0.1, 0.15) is 24.2 Å². The van der Waals surface area contributed by atoms with Gasteiger partial charge in [0.15, 0.2) is 12.2 Å². The number of esters is 1. The van der Waals surface area contributed by atoms with E-state index in [1.54, 1.807) is 95.1 Å². The van der Waals surface area contributed by atoms with Crippen LogP contribution in [0.3, 0.4) is 0 Å². The molecule has 0 bridgehead atoms. The van der Waals surface area contributed by atoms with Crippen molar-refractivity contribution in [3.05, 3.63) is 121 Å². The number of amides is 2. The van der Waals surface area contributed by atoms with Gasteiger partial charge in [0.2, 0.25) is 0 Å². The highest BCUT2D eigenvalue weighted by molar-refractivity contribution is 6.00. The Labute approximate surface area is 390 Å². The molecule has 22 nitrogen and oxygen atoms in total. The summed E-state index contributed by atoms with van der Waals surface area (Å²) in [6, 6.07) is 16.1. The quantitative estimate of drug-likeness (QED) is 0.112. The molecule has 4 aromatic heterocycles. The van der Waals surface area contributed by atoms with Crippen molar-refractivity contribution >= 4 is 41.0 Å². The SMILES string of the molecule is COCC(=O)OC[C@@H]1CC(c2ccc(-c3ccc(N4C[C@H](Cn5ccnn5)OC4=O)cc3F)cn2)=NO1.O=C1O[C@@H](Cn2ccnn2)CN1c1ccc(-c2ccc(C3=NO[C@H](CO)C3)nc2)c(F)c1. The van der Waals surface area contributed by atoms with Gasteiger partial charge in [-0.15, -0.1) is 10.2 Å². The second-order valence-corrected chi connectivity index (χ2v) is 15.9. The first-order valence-electron chi connectivity index (χ1n) is 21.5. The molecule has 24 heteroatoms. The van der Waals surface area contributed by atoms with Crippen molar-refractivity contribution < 1.29 is 56.9 Å². The third kappa shape index (κ3) is 10.8. The number of halogens is 2. The zero-order valence-electron chi connectivity index (χ0n) is 36.7. The molecule has 4 atom stereocenters. The summed E-state index contributed by atoms with van der Waals surface area (Å²) in [7, 11) is 1.41. The van der Waals surface area contributed by atoms with Crippen LogP contribution >= 0.6 is 0 Å². The number of methoxy groups -OCH3 is 1. The van der Waals surface area contributed by atoms with E-state index in [9.17, 15) is 18.8 Å². The first-order chi connectivity index (χ1) is 33.6. The minimum atomic E-state index is -0.547. The van der Waals surface area contributed by atoms with E-state index in [4.69, 9.17) is 33.7 Å². The van der Waals surface area contributed by atoms with Gasteiger partial charge in [0, 0.05) is 67.0 Å². The van der Waals surface area contributed by atoms with E-state index in [1.165, 1.54) is 29.0 Å². The largest absolute Gasteiger partial charge is 0.460 e. The van der Waals surface area contributed by atoms with Crippen LogP contribution in [0.25, 0.3) is 22.3 Å². The summed E-state index contributed by atoms with van der Waals surface area (Å²) < 4.78 is 53.6. The molecule has 356 valence electrons. The van der Waals surface area contributed by atoms with E-state index in [0.29, 0.717) is 82.4 Å². The number of hydrogen-bond acceptors (Lipinski definition) is 18. The molecule has 2 saturated heterocycles. The molecule has 8 heterocycles. The number of oxime groups is 2. The number of hydrogen-bond donors (Lipinski definition) is 1. The summed E-state index contributed by atoms with van der Waals surface area (Å²) in [4.78, 5) is 58.0. The van der Waals surface area contributed by atoms with E-state index >= 15 is 4.39 Å². The predicted octanol–water partition coefficient (Wildman–Crippen LogP) is 4.18. The van der Waals surface area contributed by atoms with E-state index in [2.05, 4.69) is 40.9 Å². The molecule has 0 saturated carbocycles. The predicted molar refractivity (Wildman–Crippen MR) is 237 cm³/mol. The first-order valence-corrected chi connectivity index (χ1v) is 21.5. The lowest BCUT2D eigenvalue weighted by molar-refractivity contribution is -0.151. The number of carbonyl (C=O) groups is 3. The monoisotopic (exact) mass is 948 g/mol. The van der Waals surface area contributed by atoms with Crippen LogP contribution in [0.15, 0.2) is 108 Å². The fraction of sp³-hybridized carbons (Fsp3) is 0.311. The Morgan fingerprint density at radius 3 is 1.64 bits per heavy atom. The molecule has 2 aromatic carbocycles. The number of aliphatic hydroxyl groups is 1. The average Bonchev–Trinajstić information content (AvgIpc) is 4.23. The maximum absolute atomic E-state index is 15.1. The molecule has 0 aliphatic carbocycles. The van der Waals surface area contributed by atoms with Crippen molar-refractivity contribution in [1.82, 2.24) is 40.0 Å². The number of benzene rings is 2. The highest BCUT2D eigenvalue weighted by Crippen LogP contribution is 2.32. The standard InChI is InChI=1S/C24H23FN6O6.C21H19FN6O4/c1-34-14-23(32)35-13-17-9-22(28-37-17)21-5-2-15(10-26-21)19-4-3-16(8-20(19)25)31-12-18(36-24(31)33)11-30-7-6-27-29-30;22-18-7-14(28-11-16(31-21(28)30)10-27-6-5-24-26-27)2-3-17(18)13-1-4-19(23-9-13)20-8-15(12-29)32-25-20/h2-8,10,17-18H,9,11-14H2,1H3;1-7,9,15-16,29H,8,10-12H2/t17-,18-;15-,16-/m00/s1. The Morgan fingerprint density at radius 2 is 1.22 bits per heavy atom. The highest BCUT2D eigenvalue weighted by Gasteiger charge is 2.35. The number of rotatable bonds is 15. The molecular weight excluding hydrogens is 907 g/mol. The van der Waals surface area contributed by atoms with Crippen LogP contribution in [0, 0.1) is 11.6 Å². The van der Waals surface area contributed by atoms with Crippen molar-refractivity contribution in [2.24, 2.45) is 10.3 Å². The number of pyridine rings is 2. The summed E-state index contributed by atoms with van der Waals surface area (Å²) >= 11 is 0. The lowest BCUT2D eigenvalue weighted by Crippen LogP contribution is -2.26. The van der Waals surface area contributed by atoms with Gasteiger partial charge in [0.1, 0.15) is 48.5 Å². The summed E-state index contributed by atoms with van der Waals surface area (Å²) in [6.07, 6.45) is 7.76. The van der Waals surface area contributed by atoms with Gasteiger partial charge in [0.05, 0.1) is 67.9 Å². The fourth-order valence-corrected chi connectivity index (χ4v) is 7.68. The molecular formula is C45H42F2N12O10. The lowest BCUT2D eigenvalue weighted by atomic mass is 10.0. The second kappa shape index (κ2) is 20.7. The molecule has 4 aliphatic rings. The molecule has 6 aromatic rings. The van der Waals surface area contributed by atoms with Gasteiger partial charge in [-0.05, 0) is 48.5 Å². The number of anilines is 2. The van der Waals surface area contributed by atoms with Crippen LogP contribution in [0.5, 0.6) is 0 Å². The maximum Gasteiger partial charge on any atom is 0.414 e. The van der Waals surface area contributed by atoms with Crippen LogP contribution in [-0.4, -0.2) is 139 Å². The fourth-order valence-electron chi connectivity index (χ4n) is 7.68. The molecule has 2 amide bonds. The van der Waals surface area contributed by atoms with Gasteiger partial charge in [-0.25, -0.2) is 32.5 Å². The number of aromatic nitrogens is 8. The minimum absolute atomic E-state index is 0.0522. The highest BCUT2D eigenvalue weighted by atomic mass is 19.1. The van der Waals surface area contributed by atoms with E-state index < -0.39 is 48.1 Å². The molecule has 1 N–H and O–H groups in total. The third-order valence-corrected chi connectivity index (χ3v) is 11.1. The normalized spacial score (nSPS) is 19.5. The zero-order valence-corrected chi connectivity index (χ0v) is 36.7. The van der Waals surface area contributed by atoms with Crippen molar-refractivity contribution in [1.29, 1.82) is 0 Å². The van der Waals surface area contributed by atoms with Crippen molar-refractivity contribution in [3.63, 3.8) is 0 Å². The third-order valence-electron chi connectivity index (χ3n) is 11.1. The number of nitrogens with zero attached hydrogens (tertiary/aromatic N) is 12. The summed E-state index contributed by atoms with van der Waals surface area (Å²) in [5, 5.41) is 32.3.